The molecule has 6 heteroatoms. The number of nitrogens with zero attached hydrogens (tertiary/aromatic N) is 1. The number of fused-ring (bicyclic) bond motifs is 1. The Bertz CT molecular complexity index is 1340. The summed E-state index contributed by atoms with van der Waals surface area (Å²) < 4.78 is 18.7. The number of benzene rings is 3. The van der Waals surface area contributed by atoms with Gasteiger partial charge in [0, 0.05) is 18.5 Å². The zero-order chi connectivity index (χ0) is 26.0. The zero-order valence-electron chi connectivity index (χ0n) is 21.5. The number of aryl methyl sites for hydroxylation is 2. The van der Waals surface area contributed by atoms with Gasteiger partial charge in [-0.05, 0) is 60.7 Å². The second-order valence-corrected chi connectivity index (χ2v) is 8.75. The van der Waals surface area contributed by atoms with Gasteiger partial charge in [-0.3, -0.25) is 4.79 Å². The average Bonchev–Trinajstić information content (AvgIpc) is 3.31. The van der Waals surface area contributed by atoms with Crippen LogP contribution < -0.4 is 19.5 Å². The summed E-state index contributed by atoms with van der Waals surface area (Å²) in [5, 5.41) is 4.02. The van der Waals surface area contributed by atoms with E-state index < -0.39 is 0 Å². The van der Waals surface area contributed by atoms with Crippen molar-refractivity contribution in [3.05, 3.63) is 102 Å². The molecule has 0 unspecified atom stereocenters. The van der Waals surface area contributed by atoms with Gasteiger partial charge in [0.05, 0.1) is 19.7 Å². The largest absolute Gasteiger partial charge is 0.493 e. The Kier molecular flexibility index (Phi) is 8.87. The molecule has 4 aromatic rings. The maximum absolute atomic E-state index is 13.4. The van der Waals surface area contributed by atoms with E-state index in [0.29, 0.717) is 36.8 Å². The van der Waals surface area contributed by atoms with Crippen LogP contribution in [0.1, 0.15) is 28.0 Å². The van der Waals surface area contributed by atoms with E-state index in [4.69, 9.17) is 14.2 Å². The maximum atomic E-state index is 13.4. The first-order valence-corrected chi connectivity index (χ1v) is 12.5. The molecule has 1 heterocycles. The van der Waals surface area contributed by atoms with E-state index in [1.165, 1.54) is 5.56 Å². The second-order valence-electron chi connectivity index (χ2n) is 8.75. The molecule has 3 aromatic carbocycles. The molecule has 1 aromatic heterocycles. The maximum Gasteiger partial charge on any atom is 0.267 e. The van der Waals surface area contributed by atoms with Crippen LogP contribution in [-0.4, -0.2) is 37.8 Å². The third-order valence-electron chi connectivity index (χ3n) is 6.33. The summed E-state index contributed by atoms with van der Waals surface area (Å²) in [6.45, 7) is 5.38. The normalized spacial score (nSPS) is 10.8. The molecule has 0 aliphatic rings. The van der Waals surface area contributed by atoms with Crippen molar-refractivity contribution >= 4 is 16.8 Å². The predicted molar refractivity (Wildman–Crippen MR) is 148 cm³/mol. The van der Waals surface area contributed by atoms with Crippen molar-refractivity contribution in [2.75, 3.05) is 27.4 Å². The fourth-order valence-electron chi connectivity index (χ4n) is 4.49. The number of amides is 1. The van der Waals surface area contributed by atoms with E-state index >= 15 is 0 Å². The van der Waals surface area contributed by atoms with Gasteiger partial charge in [-0.25, -0.2) is 0 Å². The van der Waals surface area contributed by atoms with E-state index in [0.717, 1.165) is 41.6 Å². The Balaban J connectivity index is 1.52. The van der Waals surface area contributed by atoms with Crippen LogP contribution in [0.4, 0.5) is 0 Å². The molecule has 37 heavy (non-hydrogen) atoms. The fourth-order valence-corrected chi connectivity index (χ4v) is 4.49. The lowest BCUT2D eigenvalue weighted by molar-refractivity contribution is 0.0945. The van der Waals surface area contributed by atoms with Crippen LogP contribution in [0.2, 0.25) is 0 Å². The standard InChI is InChI=1S/C31H34N2O4/c1-4-20-37-28-14-8-13-26-25(28)22-27(33(26)19-9-12-23-10-6-5-7-11-23)31(34)32-18-17-24-15-16-29(35-2)30(21-24)36-3/h4-8,10-11,13-16,21-22H,1,9,12,17-20H2,2-3H3,(H,32,34). The number of nitrogens with one attached hydrogen (secondary N) is 1. The number of aromatic nitrogens is 1. The Labute approximate surface area is 218 Å². The first-order chi connectivity index (χ1) is 18.1. The highest BCUT2D eigenvalue weighted by atomic mass is 16.5. The van der Waals surface area contributed by atoms with Crippen molar-refractivity contribution < 1.29 is 19.0 Å². The zero-order valence-corrected chi connectivity index (χ0v) is 21.5. The van der Waals surface area contributed by atoms with Crippen LogP contribution in [0.5, 0.6) is 17.2 Å². The summed E-state index contributed by atoms with van der Waals surface area (Å²) >= 11 is 0. The van der Waals surface area contributed by atoms with Crippen LogP contribution in [0.25, 0.3) is 10.9 Å². The molecule has 1 amide bonds. The highest BCUT2D eigenvalue weighted by Crippen LogP contribution is 2.30. The van der Waals surface area contributed by atoms with Crippen molar-refractivity contribution in [1.29, 1.82) is 0 Å². The molecular weight excluding hydrogens is 464 g/mol. The van der Waals surface area contributed by atoms with E-state index in [2.05, 4.69) is 40.7 Å². The van der Waals surface area contributed by atoms with E-state index in [1.54, 1.807) is 20.3 Å². The highest BCUT2D eigenvalue weighted by Gasteiger charge is 2.18. The Morgan fingerprint density at radius 3 is 2.46 bits per heavy atom. The van der Waals surface area contributed by atoms with Crippen molar-refractivity contribution in [2.45, 2.75) is 25.8 Å². The van der Waals surface area contributed by atoms with Crippen LogP contribution in [0.15, 0.2) is 85.5 Å². The van der Waals surface area contributed by atoms with Gasteiger partial charge in [-0.15, -0.1) is 0 Å². The summed E-state index contributed by atoms with van der Waals surface area (Å²) in [5.41, 5.74) is 3.96. The number of rotatable bonds is 13. The summed E-state index contributed by atoms with van der Waals surface area (Å²) in [4.78, 5) is 13.4. The summed E-state index contributed by atoms with van der Waals surface area (Å²) in [6.07, 6.45) is 4.25. The number of methoxy groups -OCH3 is 2. The molecule has 0 atom stereocenters. The van der Waals surface area contributed by atoms with E-state index in [9.17, 15) is 4.79 Å². The van der Waals surface area contributed by atoms with Gasteiger partial charge in [0.2, 0.25) is 0 Å². The van der Waals surface area contributed by atoms with Gasteiger partial charge in [0.15, 0.2) is 11.5 Å². The van der Waals surface area contributed by atoms with Crippen molar-refractivity contribution in [2.24, 2.45) is 0 Å². The lowest BCUT2D eigenvalue weighted by atomic mass is 10.1. The highest BCUT2D eigenvalue weighted by molar-refractivity contribution is 6.00. The van der Waals surface area contributed by atoms with Gasteiger partial charge >= 0.3 is 0 Å². The molecule has 192 valence electrons. The lowest BCUT2D eigenvalue weighted by Gasteiger charge is -2.12. The molecular formula is C31H34N2O4. The number of hydrogen-bond acceptors (Lipinski definition) is 4. The van der Waals surface area contributed by atoms with Crippen LogP contribution in [0, 0.1) is 0 Å². The Morgan fingerprint density at radius 1 is 0.892 bits per heavy atom. The molecule has 0 saturated carbocycles. The van der Waals surface area contributed by atoms with Crippen LogP contribution >= 0.6 is 0 Å². The topological polar surface area (TPSA) is 61.7 Å². The number of ether oxygens (including phenoxy) is 3. The van der Waals surface area contributed by atoms with Gasteiger partial charge in [-0.1, -0.05) is 55.1 Å². The van der Waals surface area contributed by atoms with Gasteiger partial charge in [0.1, 0.15) is 18.1 Å². The molecule has 0 radical (unpaired) electrons. The quantitative estimate of drug-likeness (QED) is 0.236. The third kappa shape index (κ3) is 6.33. The number of carbonyl (C=O) groups is 1. The van der Waals surface area contributed by atoms with Crippen LogP contribution in [0.3, 0.4) is 0 Å². The van der Waals surface area contributed by atoms with Gasteiger partial charge in [-0.2, -0.15) is 0 Å². The first kappa shape index (κ1) is 25.9. The SMILES string of the molecule is C=CCOc1cccc2c1cc(C(=O)NCCc1ccc(OC)c(OC)c1)n2CCCc1ccccc1. The Morgan fingerprint density at radius 2 is 1.70 bits per heavy atom. The molecule has 0 spiro atoms. The number of carbonyl (C=O) groups excluding carboxylic acids is 1. The summed E-state index contributed by atoms with van der Waals surface area (Å²) in [5.74, 6) is 2.01. The minimum Gasteiger partial charge on any atom is -0.493 e. The smallest absolute Gasteiger partial charge is 0.267 e. The molecule has 0 bridgehead atoms. The van der Waals surface area contributed by atoms with Crippen LogP contribution in [-0.2, 0) is 19.4 Å². The third-order valence-corrected chi connectivity index (χ3v) is 6.33. The first-order valence-electron chi connectivity index (χ1n) is 12.5. The molecule has 0 aliphatic carbocycles. The minimum absolute atomic E-state index is 0.106. The molecule has 0 aliphatic heterocycles. The van der Waals surface area contributed by atoms with Gasteiger partial charge in [0.25, 0.3) is 5.91 Å². The summed E-state index contributed by atoms with van der Waals surface area (Å²) in [7, 11) is 3.23. The molecule has 0 saturated heterocycles. The monoisotopic (exact) mass is 498 g/mol. The molecule has 6 nitrogen and oxygen atoms in total. The molecule has 4 rings (SSSR count). The Hall–Kier alpha value is -4.19. The molecule has 0 fully saturated rings. The van der Waals surface area contributed by atoms with Crippen molar-refractivity contribution in [1.82, 2.24) is 9.88 Å². The predicted octanol–water partition coefficient (Wildman–Crippen LogP) is 5.83. The van der Waals surface area contributed by atoms with Crippen molar-refractivity contribution in [3.63, 3.8) is 0 Å². The number of hydrogen-bond donors (Lipinski definition) is 1. The minimum atomic E-state index is -0.106. The second kappa shape index (κ2) is 12.7. The van der Waals surface area contributed by atoms with E-state index in [1.807, 2.05) is 48.5 Å². The average molecular weight is 499 g/mol. The van der Waals surface area contributed by atoms with E-state index in [-0.39, 0.29) is 5.91 Å². The fraction of sp³-hybridized carbons (Fsp3) is 0.258. The van der Waals surface area contributed by atoms with Gasteiger partial charge < -0.3 is 24.1 Å². The summed E-state index contributed by atoms with van der Waals surface area (Å²) in [6, 6.07) is 24.1. The molecule has 1 N–H and O–H groups in total. The lowest BCUT2D eigenvalue weighted by Crippen LogP contribution is -2.28. The van der Waals surface area contributed by atoms with Crippen molar-refractivity contribution in [3.8, 4) is 17.2 Å².